The summed E-state index contributed by atoms with van der Waals surface area (Å²) in [6.07, 6.45) is 0. The molecule has 0 heterocycles. The number of urea groups is 1. The van der Waals surface area contributed by atoms with E-state index in [-0.39, 0.29) is 11.7 Å². The van der Waals surface area contributed by atoms with E-state index in [9.17, 15) is 4.79 Å². The molecule has 0 radical (unpaired) electrons. The molecule has 112 valence electrons. The van der Waals surface area contributed by atoms with Crippen molar-refractivity contribution in [3.63, 3.8) is 0 Å². The van der Waals surface area contributed by atoms with Crippen molar-refractivity contribution < 1.29 is 4.79 Å². The second-order valence-electron chi connectivity index (χ2n) is 4.56. The number of anilines is 2. The maximum atomic E-state index is 11.9. The molecule has 2 aromatic carbocycles. The van der Waals surface area contributed by atoms with Crippen molar-refractivity contribution in [3.8, 4) is 0 Å². The number of nitrogen functional groups attached to an aromatic ring is 2. The third-order valence-electron chi connectivity index (χ3n) is 2.89. The molecule has 8 N–H and O–H groups in total. The predicted octanol–water partition coefficient (Wildman–Crippen LogP) is 1.90. The summed E-state index contributed by atoms with van der Waals surface area (Å²) >= 11 is 0. The molecule has 0 bridgehead atoms. The second kappa shape index (κ2) is 6.40. The van der Waals surface area contributed by atoms with Crippen LogP contribution >= 0.6 is 0 Å². The molecule has 7 nitrogen and oxygen atoms in total. The first-order valence-electron chi connectivity index (χ1n) is 6.42. The molecule has 0 saturated carbocycles. The standard InChI is InChI=1S/C15H16N6O/c16-13(17)9-4-6-11(7-5-9)20-15(22)21-12-3-1-2-10(8-12)14(18)19/h1-8H,(H3,16,17)(H3,18,19)(H2,20,21,22). The van der Waals surface area contributed by atoms with E-state index in [4.69, 9.17) is 22.3 Å². The number of carbonyl (C=O) groups is 1. The van der Waals surface area contributed by atoms with E-state index in [1.54, 1.807) is 48.5 Å². The summed E-state index contributed by atoms with van der Waals surface area (Å²) in [7, 11) is 0. The summed E-state index contributed by atoms with van der Waals surface area (Å²) in [5.41, 5.74) is 13.0. The van der Waals surface area contributed by atoms with Crippen LogP contribution in [0.1, 0.15) is 11.1 Å². The highest BCUT2D eigenvalue weighted by Gasteiger charge is 2.05. The van der Waals surface area contributed by atoms with Gasteiger partial charge in [-0.2, -0.15) is 0 Å². The van der Waals surface area contributed by atoms with Crippen LogP contribution in [0.5, 0.6) is 0 Å². The SMILES string of the molecule is N=C(N)c1ccc(NC(=O)Nc2cccc(C(=N)N)c2)cc1. The lowest BCUT2D eigenvalue weighted by Crippen LogP contribution is -2.20. The van der Waals surface area contributed by atoms with Crippen LogP contribution in [0.4, 0.5) is 16.2 Å². The van der Waals surface area contributed by atoms with Crippen molar-refractivity contribution in [1.82, 2.24) is 0 Å². The van der Waals surface area contributed by atoms with Crippen LogP contribution in [0.2, 0.25) is 0 Å². The molecule has 0 aromatic heterocycles. The topological polar surface area (TPSA) is 141 Å². The highest BCUT2D eigenvalue weighted by Crippen LogP contribution is 2.12. The number of amides is 2. The molecule has 2 amide bonds. The number of benzene rings is 2. The summed E-state index contributed by atoms with van der Waals surface area (Å²) in [5, 5.41) is 20.0. The Balaban J connectivity index is 2.02. The lowest BCUT2D eigenvalue weighted by Gasteiger charge is -2.09. The number of nitrogens with two attached hydrogens (primary N) is 2. The quantitative estimate of drug-likeness (QED) is 0.379. The van der Waals surface area contributed by atoms with Crippen LogP contribution in [0.15, 0.2) is 48.5 Å². The first kappa shape index (κ1) is 15.0. The summed E-state index contributed by atoms with van der Waals surface area (Å²) in [4.78, 5) is 11.9. The zero-order valence-corrected chi connectivity index (χ0v) is 11.7. The number of rotatable bonds is 4. The molecule has 2 rings (SSSR count). The lowest BCUT2D eigenvalue weighted by atomic mass is 10.2. The van der Waals surface area contributed by atoms with E-state index in [0.29, 0.717) is 22.5 Å². The van der Waals surface area contributed by atoms with Gasteiger partial charge in [-0.3, -0.25) is 10.8 Å². The van der Waals surface area contributed by atoms with E-state index in [2.05, 4.69) is 10.6 Å². The number of nitrogens with one attached hydrogen (secondary N) is 4. The van der Waals surface area contributed by atoms with Gasteiger partial charge in [0.1, 0.15) is 11.7 Å². The van der Waals surface area contributed by atoms with Gasteiger partial charge in [-0.25, -0.2) is 4.79 Å². The van der Waals surface area contributed by atoms with Gasteiger partial charge in [0.05, 0.1) is 0 Å². The molecule has 22 heavy (non-hydrogen) atoms. The molecule has 0 unspecified atom stereocenters. The summed E-state index contributed by atoms with van der Waals surface area (Å²) < 4.78 is 0. The zero-order chi connectivity index (χ0) is 16.1. The third-order valence-corrected chi connectivity index (χ3v) is 2.89. The van der Waals surface area contributed by atoms with Crippen LogP contribution in [0.25, 0.3) is 0 Å². The minimum Gasteiger partial charge on any atom is -0.384 e. The van der Waals surface area contributed by atoms with E-state index >= 15 is 0 Å². The first-order chi connectivity index (χ1) is 10.5. The fourth-order valence-electron chi connectivity index (χ4n) is 1.79. The molecule has 0 aliphatic carbocycles. The maximum absolute atomic E-state index is 11.9. The minimum atomic E-state index is -0.420. The van der Waals surface area contributed by atoms with Crippen LogP contribution in [-0.4, -0.2) is 17.7 Å². The summed E-state index contributed by atoms with van der Waals surface area (Å²) in [6.45, 7) is 0. The minimum absolute atomic E-state index is 0.0305. The Kier molecular flexibility index (Phi) is 4.38. The van der Waals surface area contributed by atoms with Gasteiger partial charge in [-0.15, -0.1) is 0 Å². The zero-order valence-electron chi connectivity index (χ0n) is 11.7. The van der Waals surface area contributed by atoms with Crippen molar-refractivity contribution in [2.45, 2.75) is 0 Å². The Morgan fingerprint density at radius 2 is 1.41 bits per heavy atom. The smallest absolute Gasteiger partial charge is 0.323 e. The Bertz CT molecular complexity index is 723. The Labute approximate surface area is 127 Å². The normalized spacial score (nSPS) is 9.82. The van der Waals surface area contributed by atoms with Gasteiger partial charge in [-0.05, 0) is 36.4 Å². The summed E-state index contributed by atoms with van der Waals surface area (Å²) in [6, 6.07) is 12.9. The van der Waals surface area contributed by atoms with Gasteiger partial charge in [0.2, 0.25) is 0 Å². The van der Waals surface area contributed by atoms with E-state index in [1.807, 2.05) is 0 Å². The molecular formula is C15H16N6O. The second-order valence-corrected chi connectivity index (χ2v) is 4.56. The number of hydrogen-bond acceptors (Lipinski definition) is 3. The molecule has 0 atom stereocenters. The Hall–Kier alpha value is -3.35. The van der Waals surface area contributed by atoms with Crippen molar-refractivity contribution in [3.05, 3.63) is 59.7 Å². The average Bonchev–Trinajstić information content (AvgIpc) is 2.47. The first-order valence-corrected chi connectivity index (χ1v) is 6.42. The molecule has 0 aliphatic rings. The third kappa shape index (κ3) is 3.83. The van der Waals surface area contributed by atoms with Crippen molar-refractivity contribution >= 4 is 29.1 Å². The predicted molar refractivity (Wildman–Crippen MR) is 87.6 cm³/mol. The molecule has 0 fully saturated rings. The molecule has 0 spiro atoms. The highest BCUT2D eigenvalue weighted by molar-refractivity contribution is 6.02. The molecule has 0 saturated heterocycles. The Morgan fingerprint density at radius 1 is 0.818 bits per heavy atom. The maximum Gasteiger partial charge on any atom is 0.323 e. The fraction of sp³-hybridized carbons (Fsp3) is 0. The van der Waals surface area contributed by atoms with Gasteiger partial charge >= 0.3 is 6.03 Å². The van der Waals surface area contributed by atoms with E-state index < -0.39 is 6.03 Å². The summed E-state index contributed by atoms with van der Waals surface area (Å²) in [5.74, 6) is -0.0964. The molecule has 0 aliphatic heterocycles. The van der Waals surface area contributed by atoms with Crippen molar-refractivity contribution in [2.75, 3.05) is 10.6 Å². The monoisotopic (exact) mass is 296 g/mol. The molecule has 7 heteroatoms. The van der Waals surface area contributed by atoms with Crippen LogP contribution in [0, 0.1) is 10.8 Å². The molecule has 2 aromatic rings. The molecular weight excluding hydrogens is 280 g/mol. The Morgan fingerprint density at radius 3 is 2.00 bits per heavy atom. The van der Waals surface area contributed by atoms with Gasteiger partial charge in [0, 0.05) is 22.5 Å². The van der Waals surface area contributed by atoms with Gasteiger partial charge in [0.25, 0.3) is 0 Å². The van der Waals surface area contributed by atoms with Crippen LogP contribution < -0.4 is 22.1 Å². The largest absolute Gasteiger partial charge is 0.384 e. The van der Waals surface area contributed by atoms with Gasteiger partial charge in [0.15, 0.2) is 0 Å². The van der Waals surface area contributed by atoms with Crippen molar-refractivity contribution in [2.24, 2.45) is 11.5 Å². The van der Waals surface area contributed by atoms with Gasteiger partial charge < -0.3 is 22.1 Å². The van der Waals surface area contributed by atoms with Gasteiger partial charge in [-0.1, -0.05) is 12.1 Å². The number of carbonyl (C=O) groups excluding carboxylic acids is 1. The number of hydrogen-bond donors (Lipinski definition) is 6. The average molecular weight is 296 g/mol. The highest BCUT2D eigenvalue weighted by atomic mass is 16.2. The van der Waals surface area contributed by atoms with E-state index in [0.717, 1.165) is 0 Å². The van der Waals surface area contributed by atoms with Crippen molar-refractivity contribution in [1.29, 1.82) is 10.8 Å². The van der Waals surface area contributed by atoms with Crippen LogP contribution in [-0.2, 0) is 0 Å². The number of amidine groups is 2. The fourth-order valence-corrected chi connectivity index (χ4v) is 1.79. The van der Waals surface area contributed by atoms with Crippen LogP contribution in [0.3, 0.4) is 0 Å². The van der Waals surface area contributed by atoms with E-state index in [1.165, 1.54) is 0 Å². The lowest BCUT2D eigenvalue weighted by molar-refractivity contribution is 0.262.